The summed E-state index contributed by atoms with van der Waals surface area (Å²) < 4.78 is 29.0. The van der Waals surface area contributed by atoms with Gasteiger partial charge in [-0.15, -0.1) is 0 Å². The third kappa shape index (κ3) is 5.85. The van der Waals surface area contributed by atoms with Gasteiger partial charge >= 0.3 is 0 Å². The molecule has 1 fully saturated rings. The van der Waals surface area contributed by atoms with E-state index < -0.39 is 15.8 Å². The van der Waals surface area contributed by atoms with E-state index in [1.54, 1.807) is 12.1 Å². The number of nitrogens with one attached hydrogen (secondary N) is 2. The van der Waals surface area contributed by atoms with Gasteiger partial charge in [-0.25, -0.2) is 8.42 Å². The van der Waals surface area contributed by atoms with Crippen LogP contribution in [0.4, 0.5) is 0 Å². The van der Waals surface area contributed by atoms with Crippen LogP contribution in [0.2, 0.25) is 5.02 Å². The summed E-state index contributed by atoms with van der Waals surface area (Å²) in [4.78, 5) is 39.0. The summed E-state index contributed by atoms with van der Waals surface area (Å²) in [6.45, 7) is 0.626. The molecule has 3 amide bonds. The number of sulfone groups is 1. The molecule has 0 aromatic heterocycles. The Hall–Kier alpha value is -2.33. The van der Waals surface area contributed by atoms with Gasteiger partial charge in [-0.05, 0) is 31.0 Å². The average Bonchev–Trinajstić information content (AvgIpc) is 3.06. The van der Waals surface area contributed by atoms with E-state index in [9.17, 15) is 22.8 Å². The molecule has 9 nitrogen and oxygen atoms in total. The monoisotopic (exact) mass is 457 g/mol. The molecule has 0 bridgehead atoms. The maximum atomic E-state index is 12.8. The second kappa shape index (κ2) is 9.65. The summed E-state index contributed by atoms with van der Waals surface area (Å²) in [5.74, 6) is -1.53. The van der Waals surface area contributed by atoms with Crippen molar-refractivity contribution in [2.75, 3.05) is 44.3 Å². The highest BCUT2D eigenvalue weighted by Gasteiger charge is 2.35. The number of ether oxygens (including phenoxy) is 1. The lowest BCUT2D eigenvalue weighted by molar-refractivity contribution is -0.138. The normalized spacial score (nSPS) is 22.8. The molecule has 30 heavy (non-hydrogen) atoms. The average molecular weight is 458 g/mol. The lowest BCUT2D eigenvalue weighted by Gasteiger charge is -2.25. The number of benzene rings is 1. The standard InChI is InChI=1S/C19H24ClN3O6S/c20-14-2-3-16-15(10-14)18(25)22-5-1-7-23(11-17(24)21-6-8-29-16)19(26)13-4-9-30(27,28)12-13/h2-3,10,13H,1,4-9,11-12H2,(H,21,24)(H,22,25). The van der Waals surface area contributed by atoms with Gasteiger partial charge in [0.15, 0.2) is 9.84 Å². The molecule has 164 valence electrons. The number of hydrogen-bond acceptors (Lipinski definition) is 6. The molecule has 0 aliphatic carbocycles. The minimum atomic E-state index is -3.21. The molecule has 11 heteroatoms. The molecule has 0 saturated carbocycles. The van der Waals surface area contributed by atoms with Crippen molar-refractivity contribution in [3.05, 3.63) is 28.8 Å². The van der Waals surface area contributed by atoms with Gasteiger partial charge < -0.3 is 20.3 Å². The second-order valence-electron chi connectivity index (χ2n) is 7.31. The van der Waals surface area contributed by atoms with Crippen LogP contribution in [0.15, 0.2) is 18.2 Å². The highest BCUT2D eigenvalue weighted by Crippen LogP contribution is 2.23. The summed E-state index contributed by atoms with van der Waals surface area (Å²) in [7, 11) is -3.21. The molecule has 1 aromatic carbocycles. The van der Waals surface area contributed by atoms with Crippen molar-refractivity contribution in [1.29, 1.82) is 0 Å². The zero-order valence-electron chi connectivity index (χ0n) is 16.4. The van der Waals surface area contributed by atoms with Gasteiger partial charge in [-0.1, -0.05) is 11.6 Å². The SMILES string of the molecule is O=C1CN(C(=O)C2CCS(=O)(=O)C2)CCCNC(=O)c2cc(Cl)ccc2OCCN1. The van der Waals surface area contributed by atoms with Crippen molar-refractivity contribution in [3.63, 3.8) is 0 Å². The lowest BCUT2D eigenvalue weighted by atomic mass is 10.1. The summed E-state index contributed by atoms with van der Waals surface area (Å²) in [6, 6.07) is 4.72. The van der Waals surface area contributed by atoms with E-state index in [4.69, 9.17) is 16.3 Å². The van der Waals surface area contributed by atoms with Gasteiger partial charge in [0.1, 0.15) is 12.4 Å². The molecule has 3 rings (SSSR count). The van der Waals surface area contributed by atoms with Crippen molar-refractivity contribution in [1.82, 2.24) is 15.5 Å². The van der Waals surface area contributed by atoms with Crippen molar-refractivity contribution < 1.29 is 27.5 Å². The van der Waals surface area contributed by atoms with Gasteiger partial charge in [0.05, 0.1) is 36.1 Å². The maximum Gasteiger partial charge on any atom is 0.255 e. The fourth-order valence-corrected chi connectivity index (χ4v) is 5.37. The predicted molar refractivity (Wildman–Crippen MR) is 110 cm³/mol. The summed E-state index contributed by atoms with van der Waals surface area (Å²) in [6.07, 6.45) is 0.669. The Balaban J connectivity index is 1.70. The number of carbonyl (C=O) groups is 3. The fraction of sp³-hybridized carbons (Fsp3) is 0.526. The highest BCUT2D eigenvalue weighted by atomic mass is 35.5. The number of nitrogens with zero attached hydrogens (tertiary/aromatic N) is 1. The maximum absolute atomic E-state index is 12.8. The van der Waals surface area contributed by atoms with Crippen LogP contribution in [0.1, 0.15) is 23.2 Å². The first-order chi connectivity index (χ1) is 14.2. The van der Waals surface area contributed by atoms with Crippen LogP contribution in [-0.4, -0.2) is 75.3 Å². The van der Waals surface area contributed by atoms with E-state index >= 15 is 0 Å². The minimum Gasteiger partial charge on any atom is -0.491 e. The first-order valence-corrected chi connectivity index (χ1v) is 11.9. The number of halogens is 1. The summed E-state index contributed by atoms with van der Waals surface area (Å²) in [5.41, 5.74) is 0.287. The first-order valence-electron chi connectivity index (χ1n) is 9.71. The zero-order valence-corrected chi connectivity index (χ0v) is 17.9. The predicted octanol–water partition coefficient (Wildman–Crippen LogP) is 0.232. The molecule has 1 atom stereocenters. The Morgan fingerprint density at radius 2 is 2.00 bits per heavy atom. The Labute approximate surface area is 180 Å². The van der Waals surface area contributed by atoms with Crippen molar-refractivity contribution in [2.45, 2.75) is 12.8 Å². The van der Waals surface area contributed by atoms with E-state index in [2.05, 4.69) is 10.6 Å². The Morgan fingerprint density at radius 1 is 1.20 bits per heavy atom. The van der Waals surface area contributed by atoms with Crippen molar-refractivity contribution in [3.8, 4) is 5.75 Å². The number of hydrogen-bond donors (Lipinski definition) is 2. The third-order valence-corrected chi connectivity index (χ3v) is 6.99. The molecule has 2 heterocycles. The van der Waals surface area contributed by atoms with Crippen LogP contribution in [0, 0.1) is 5.92 Å². The number of rotatable bonds is 1. The molecule has 0 spiro atoms. The highest BCUT2D eigenvalue weighted by molar-refractivity contribution is 7.91. The van der Waals surface area contributed by atoms with E-state index in [-0.39, 0.29) is 74.0 Å². The van der Waals surface area contributed by atoms with E-state index in [0.717, 1.165) is 0 Å². The van der Waals surface area contributed by atoms with E-state index in [1.807, 2.05) is 0 Å². The summed E-state index contributed by atoms with van der Waals surface area (Å²) in [5, 5.41) is 5.83. The van der Waals surface area contributed by atoms with E-state index in [0.29, 0.717) is 17.2 Å². The number of amides is 3. The molecule has 2 N–H and O–H groups in total. The van der Waals surface area contributed by atoms with Crippen molar-refractivity contribution >= 4 is 39.2 Å². The van der Waals surface area contributed by atoms with Gasteiger partial charge in [0.25, 0.3) is 5.91 Å². The smallest absolute Gasteiger partial charge is 0.255 e. The van der Waals surface area contributed by atoms with Crippen LogP contribution in [-0.2, 0) is 19.4 Å². The van der Waals surface area contributed by atoms with Gasteiger partial charge in [-0.2, -0.15) is 0 Å². The van der Waals surface area contributed by atoms with Gasteiger partial charge in [-0.3, -0.25) is 14.4 Å². The third-order valence-electron chi connectivity index (χ3n) is 4.99. The van der Waals surface area contributed by atoms with Crippen molar-refractivity contribution in [2.24, 2.45) is 5.92 Å². The van der Waals surface area contributed by atoms with Crippen LogP contribution >= 0.6 is 11.6 Å². The van der Waals surface area contributed by atoms with Gasteiger partial charge in [0.2, 0.25) is 11.8 Å². The Bertz CT molecular complexity index is 936. The largest absolute Gasteiger partial charge is 0.491 e. The molecule has 1 unspecified atom stereocenters. The molecule has 2 aliphatic rings. The van der Waals surface area contributed by atoms with Gasteiger partial charge in [0, 0.05) is 18.1 Å². The molecular weight excluding hydrogens is 434 g/mol. The Kier molecular flexibility index (Phi) is 7.19. The first kappa shape index (κ1) is 22.4. The van der Waals surface area contributed by atoms with Crippen LogP contribution in [0.5, 0.6) is 5.75 Å². The number of carbonyl (C=O) groups excluding carboxylic acids is 3. The van der Waals surface area contributed by atoms with Crippen LogP contribution in [0.3, 0.4) is 0 Å². The van der Waals surface area contributed by atoms with Crippen LogP contribution in [0.25, 0.3) is 0 Å². The van der Waals surface area contributed by atoms with Crippen LogP contribution < -0.4 is 15.4 Å². The molecule has 1 saturated heterocycles. The topological polar surface area (TPSA) is 122 Å². The summed E-state index contributed by atoms with van der Waals surface area (Å²) >= 11 is 5.99. The molecular formula is C19H24ClN3O6S. The lowest BCUT2D eigenvalue weighted by Crippen LogP contribution is -2.45. The molecule has 2 aliphatic heterocycles. The molecule has 1 aromatic rings. The second-order valence-corrected chi connectivity index (χ2v) is 9.97. The minimum absolute atomic E-state index is 0.0151. The fourth-order valence-electron chi connectivity index (χ4n) is 3.47. The van der Waals surface area contributed by atoms with E-state index in [1.165, 1.54) is 11.0 Å². The quantitative estimate of drug-likeness (QED) is 0.622. The molecule has 0 radical (unpaired) electrons. The Morgan fingerprint density at radius 3 is 2.73 bits per heavy atom. The number of fused-ring (bicyclic) bond motifs is 1. The zero-order chi connectivity index (χ0) is 21.7.